The Hall–Kier alpha value is -1.24. The van der Waals surface area contributed by atoms with Crippen LogP contribution in [0.3, 0.4) is 0 Å². The van der Waals surface area contributed by atoms with Crippen molar-refractivity contribution in [3.63, 3.8) is 0 Å². The highest BCUT2D eigenvalue weighted by Crippen LogP contribution is 2.17. The topological polar surface area (TPSA) is 39.7 Å². The Bertz CT molecular complexity index is 488. The third kappa shape index (κ3) is 5.51. The molecule has 1 unspecified atom stereocenters. The van der Waals surface area contributed by atoms with E-state index in [2.05, 4.69) is 70.8 Å². The van der Waals surface area contributed by atoms with Crippen LogP contribution in [0.5, 0.6) is 0 Å². The van der Waals surface area contributed by atoms with E-state index in [1.54, 1.807) is 7.05 Å². The first kappa shape index (κ1) is 18.8. The van der Waals surface area contributed by atoms with E-state index in [0.29, 0.717) is 6.04 Å². The van der Waals surface area contributed by atoms with Gasteiger partial charge in [0.2, 0.25) is 0 Å². The maximum absolute atomic E-state index is 4.25. The Labute approximate surface area is 151 Å². The van der Waals surface area contributed by atoms with Gasteiger partial charge in [-0.25, -0.2) is 0 Å². The maximum atomic E-state index is 4.25. The molecular formula is C17H27IN4. The number of aliphatic imine (C=N–C) groups is 1. The van der Waals surface area contributed by atoms with Crippen molar-refractivity contribution in [3.8, 4) is 0 Å². The largest absolute Gasteiger partial charge is 0.364 e. The minimum Gasteiger partial charge on any atom is -0.364 e. The SMILES string of the molecule is CCC(C)NC(=NC)NCc1ccc(N2CC=CC2)cc1.I. The number of guanidine groups is 1. The summed E-state index contributed by atoms with van der Waals surface area (Å²) in [5.41, 5.74) is 2.55. The maximum Gasteiger partial charge on any atom is 0.191 e. The van der Waals surface area contributed by atoms with Gasteiger partial charge in [-0.2, -0.15) is 0 Å². The lowest BCUT2D eigenvalue weighted by atomic mass is 10.2. The average Bonchev–Trinajstić information content (AvgIpc) is 3.06. The first-order valence-electron chi connectivity index (χ1n) is 7.69. The van der Waals surface area contributed by atoms with Crippen LogP contribution in [0.15, 0.2) is 41.4 Å². The van der Waals surface area contributed by atoms with Gasteiger partial charge in [0.1, 0.15) is 0 Å². The van der Waals surface area contributed by atoms with E-state index in [4.69, 9.17) is 0 Å². The first-order valence-corrected chi connectivity index (χ1v) is 7.69. The molecule has 0 saturated heterocycles. The summed E-state index contributed by atoms with van der Waals surface area (Å²) in [5.74, 6) is 0.858. The molecule has 2 N–H and O–H groups in total. The van der Waals surface area contributed by atoms with Gasteiger partial charge in [0.05, 0.1) is 0 Å². The number of rotatable bonds is 5. The Kier molecular flexibility index (Phi) is 8.30. The molecule has 0 radical (unpaired) electrons. The summed E-state index contributed by atoms with van der Waals surface area (Å²) in [5, 5.41) is 6.72. The van der Waals surface area contributed by atoms with Gasteiger partial charge in [0.15, 0.2) is 5.96 Å². The molecule has 0 spiro atoms. The number of hydrogen-bond acceptors (Lipinski definition) is 2. The van der Waals surface area contributed by atoms with Gasteiger partial charge >= 0.3 is 0 Å². The lowest BCUT2D eigenvalue weighted by molar-refractivity contribution is 0.624. The van der Waals surface area contributed by atoms with Crippen LogP contribution in [0.2, 0.25) is 0 Å². The molecule has 2 rings (SSSR count). The van der Waals surface area contributed by atoms with E-state index in [0.717, 1.165) is 32.0 Å². The van der Waals surface area contributed by atoms with Crippen LogP contribution in [-0.2, 0) is 6.54 Å². The molecule has 4 nitrogen and oxygen atoms in total. The van der Waals surface area contributed by atoms with Crippen molar-refractivity contribution in [3.05, 3.63) is 42.0 Å². The predicted octanol–water partition coefficient (Wildman–Crippen LogP) is 3.14. The summed E-state index contributed by atoms with van der Waals surface area (Å²) >= 11 is 0. The molecule has 1 aliphatic heterocycles. The molecule has 122 valence electrons. The second-order valence-corrected chi connectivity index (χ2v) is 5.42. The second kappa shape index (κ2) is 9.71. The van der Waals surface area contributed by atoms with Crippen molar-refractivity contribution in [2.75, 3.05) is 25.0 Å². The molecule has 22 heavy (non-hydrogen) atoms. The molecule has 0 aliphatic carbocycles. The molecule has 1 atom stereocenters. The fourth-order valence-electron chi connectivity index (χ4n) is 2.23. The third-order valence-electron chi connectivity index (χ3n) is 3.80. The van der Waals surface area contributed by atoms with E-state index in [1.165, 1.54) is 11.3 Å². The van der Waals surface area contributed by atoms with E-state index in [-0.39, 0.29) is 24.0 Å². The van der Waals surface area contributed by atoms with Crippen LogP contribution in [0.25, 0.3) is 0 Å². The molecule has 5 heteroatoms. The van der Waals surface area contributed by atoms with Crippen molar-refractivity contribution in [2.45, 2.75) is 32.9 Å². The van der Waals surface area contributed by atoms with Gasteiger partial charge < -0.3 is 15.5 Å². The molecular weight excluding hydrogens is 387 g/mol. The van der Waals surface area contributed by atoms with Gasteiger partial charge in [0, 0.05) is 38.4 Å². The van der Waals surface area contributed by atoms with Gasteiger partial charge in [-0.1, -0.05) is 31.2 Å². The van der Waals surface area contributed by atoms with Crippen molar-refractivity contribution in [2.24, 2.45) is 4.99 Å². The zero-order chi connectivity index (χ0) is 15.1. The lowest BCUT2D eigenvalue weighted by Gasteiger charge is -2.19. The summed E-state index contributed by atoms with van der Waals surface area (Å²) < 4.78 is 0. The summed E-state index contributed by atoms with van der Waals surface area (Å²) in [6, 6.07) is 9.17. The third-order valence-corrected chi connectivity index (χ3v) is 3.80. The van der Waals surface area contributed by atoms with E-state index in [9.17, 15) is 0 Å². The molecule has 0 saturated carbocycles. The molecule has 1 heterocycles. The van der Waals surface area contributed by atoms with Crippen LogP contribution < -0.4 is 15.5 Å². The number of nitrogens with one attached hydrogen (secondary N) is 2. The number of nitrogens with zero attached hydrogens (tertiary/aromatic N) is 2. The van der Waals surface area contributed by atoms with Crippen molar-refractivity contribution < 1.29 is 0 Å². The molecule has 1 aromatic carbocycles. The number of hydrogen-bond donors (Lipinski definition) is 2. The smallest absolute Gasteiger partial charge is 0.191 e. The van der Waals surface area contributed by atoms with Gasteiger partial charge in [-0.3, -0.25) is 4.99 Å². The number of benzene rings is 1. The second-order valence-electron chi connectivity index (χ2n) is 5.42. The molecule has 0 bridgehead atoms. The molecule has 0 aromatic heterocycles. The highest BCUT2D eigenvalue weighted by molar-refractivity contribution is 14.0. The molecule has 1 aromatic rings. The highest BCUT2D eigenvalue weighted by atomic mass is 127. The first-order chi connectivity index (χ1) is 10.2. The fraction of sp³-hybridized carbons (Fsp3) is 0.471. The summed E-state index contributed by atoms with van der Waals surface area (Å²) in [7, 11) is 1.81. The monoisotopic (exact) mass is 414 g/mol. The Morgan fingerprint density at radius 1 is 1.23 bits per heavy atom. The summed E-state index contributed by atoms with van der Waals surface area (Å²) in [6.45, 7) is 7.14. The van der Waals surface area contributed by atoms with E-state index < -0.39 is 0 Å². The normalized spacial score (nSPS) is 15.4. The summed E-state index contributed by atoms with van der Waals surface area (Å²) in [6.07, 6.45) is 5.50. The summed E-state index contributed by atoms with van der Waals surface area (Å²) in [4.78, 5) is 6.60. The fourth-order valence-corrected chi connectivity index (χ4v) is 2.23. The van der Waals surface area contributed by atoms with E-state index >= 15 is 0 Å². The molecule has 0 fully saturated rings. The minimum atomic E-state index is 0. The lowest BCUT2D eigenvalue weighted by Crippen LogP contribution is -2.41. The van der Waals surface area contributed by atoms with Gasteiger partial charge in [0.25, 0.3) is 0 Å². The van der Waals surface area contributed by atoms with Crippen LogP contribution in [0.1, 0.15) is 25.8 Å². The Morgan fingerprint density at radius 2 is 1.86 bits per heavy atom. The zero-order valence-electron chi connectivity index (χ0n) is 13.7. The predicted molar refractivity (Wildman–Crippen MR) is 106 cm³/mol. The van der Waals surface area contributed by atoms with Crippen LogP contribution in [0, 0.1) is 0 Å². The standard InChI is InChI=1S/C17H26N4.HI/c1-4-14(2)20-17(18-3)19-13-15-7-9-16(10-8-15)21-11-5-6-12-21;/h5-10,14H,4,11-13H2,1-3H3,(H2,18,19,20);1H. The van der Waals surface area contributed by atoms with Crippen LogP contribution >= 0.6 is 24.0 Å². The Morgan fingerprint density at radius 3 is 2.41 bits per heavy atom. The van der Waals surface area contributed by atoms with Crippen molar-refractivity contribution >= 4 is 35.6 Å². The van der Waals surface area contributed by atoms with Gasteiger partial charge in [-0.05, 0) is 31.0 Å². The zero-order valence-corrected chi connectivity index (χ0v) is 16.0. The molecule has 1 aliphatic rings. The quantitative estimate of drug-likeness (QED) is 0.337. The van der Waals surface area contributed by atoms with Crippen molar-refractivity contribution in [1.82, 2.24) is 10.6 Å². The van der Waals surface area contributed by atoms with Crippen LogP contribution in [-0.4, -0.2) is 32.1 Å². The average molecular weight is 414 g/mol. The number of halogens is 1. The van der Waals surface area contributed by atoms with Crippen molar-refractivity contribution in [1.29, 1.82) is 0 Å². The highest BCUT2D eigenvalue weighted by Gasteiger charge is 2.07. The number of anilines is 1. The molecule has 0 amide bonds. The van der Waals surface area contributed by atoms with Gasteiger partial charge in [-0.15, -0.1) is 24.0 Å². The Balaban J connectivity index is 0.00000242. The van der Waals surface area contributed by atoms with Crippen LogP contribution in [0.4, 0.5) is 5.69 Å². The van der Waals surface area contributed by atoms with E-state index in [1.807, 2.05) is 0 Å². The minimum absolute atomic E-state index is 0.